The second-order valence-corrected chi connectivity index (χ2v) is 8.91. The Morgan fingerprint density at radius 3 is 2.28 bits per heavy atom. The highest BCUT2D eigenvalue weighted by Gasteiger charge is 2.21. The van der Waals surface area contributed by atoms with Gasteiger partial charge in [0, 0.05) is 61.3 Å². The minimum absolute atomic E-state index is 0.0371. The molecule has 0 amide bonds. The number of nitrogens with zero attached hydrogens (tertiary/aromatic N) is 3. The molecule has 0 aliphatic carbocycles. The number of allylic oxidation sites excluding steroid dienone is 1. The molecule has 0 N–H and O–H groups in total. The first-order valence-corrected chi connectivity index (χ1v) is 11.2. The summed E-state index contributed by atoms with van der Waals surface area (Å²) in [5.41, 5.74) is 2.83. The number of ether oxygens (including phenoxy) is 2. The van der Waals surface area contributed by atoms with Crippen molar-refractivity contribution in [3.63, 3.8) is 0 Å². The molecule has 2 aliphatic rings. The summed E-state index contributed by atoms with van der Waals surface area (Å²) in [5, 5.41) is 1.35. The van der Waals surface area contributed by atoms with Crippen LogP contribution in [0.4, 0.5) is 0 Å². The lowest BCUT2D eigenvalue weighted by molar-refractivity contribution is 0.121. The first-order chi connectivity index (χ1) is 15.6. The predicted molar refractivity (Wildman–Crippen MR) is 126 cm³/mol. The topological polar surface area (TPSA) is 46.9 Å². The van der Waals surface area contributed by atoms with Gasteiger partial charge in [-0.25, -0.2) is 0 Å². The molecule has 7 heteroatoms. The van der Waals surface area contributed by atoms with E-state index in [0.717, 1.165) is 49.2 Å². The molecule has 3 heterocycles. The Hall–Kier alpha value is -2.80. The Kier molecular flexibility index (Phi) is 5.91. The third-order valence-electron chi connectivity index (χ3n) is 6.10. The van der Waals surface area contributed by atoms with Crippen molar-refractivity contribution in [3.05, 3.63) is 81.6 Å². The van der Waals surface area contributed by atoms with Crippen molar-refractivity contribution < 1.29 is 9.47 Å². The Bertz CT molecular complexity index is 1200. The average Bonchev–Trinajstić information content (AvgIpc) is 3.25. The van der Waals surface area contributed by atoms with Crippen LogP contribution in [-0.4, -0.2) is 47.3 Å². The van der Waals surface area contributed by atoms with Gasteiger partial charge in [0.2, 0.25) is 6.79 Å². The molecule has 0 unspecified atom stereocenters. The lowest BCUT2D eigenvalue weighted by Gasteiger charge is -2.34. The molecule has 0 spiro atoms. The largest absolute Gasteiger partial charge is 0.454 e. The highest BCUT2D eigenvalue weighted by molar-refractivity contribution is 6.29. The van der Waals surface area contributed by atoms with Crippen molar-refractivity contribution in [1.82, 2.24) is 14.4 Å². The van der Waals surface area contributed by atoms with E-state index in [-0.39, 0.29) is 18.9 Å². The summed E-state index contributed by atoms with van der Waals surface area (Å²) >= 11 is 6.10. The van der Waals surface area contributed by atoms with E-state index in [1.54, 1.807) is 4.57 Å². The molecular formula is C25H26ClN3O3. The zero-order chi connectivity index (χ0) is 22.1. The van der Waals surface area contributed by atoms with E-state index in [4.69, 9.17) is 21.1 Å². The maximum absolute atomic E-state index is 13.4. The van der Waals surface area contributed by atoms with Crippen molar-refractivity contribution in [2.75, 3.05) is 33.0 Å². The summed E-state index contributed by atoms with van der Waals surface area (Å²) in [6.45, 7) is 9.62. The molecule has 0 atom stereocenters. The molecule has 166 valence electrons. The number of pyridine rings is 1. The molecule has 1 saturated heterocycles. The van der Waals surface area contributed by atoms with E-state index < -0.39 is 0 Å². The molecule has 0 radical (unpaired) electrons. The van der Waals surface area contributed by atoms with E-state index in [9.17, 15) is 4.79 Å². The number of hydrogen-bond acceptors (Lipinski definition) is 5. The highest BCUT2D eigenvalue weighted by Crippen LogP contribution is 2.36. The van der Waals surface area contributed by atoms with Gasteiger partial charge >= 0.3 is 0 Å². The summed E-state index contributed by atoms with van der Waals surface area (Å²) in [6.07, 6.45) is 0. The standard InChI is InChI=1S/C25H26ClN3O3/c1-18(26)14-29-22-13-24-23(31-17-32-24)12-20(22)11-21(25(29)30)16-28-9-7-27(8-10-28)15-19-5-3-2-4-6-19/h2-6,11-13H,1,7-10,14-17H2. The first-order valence-electron chi connectivity index (χ1n) is 10.8. The van der Waals surface area contributed by atoms with Gasteiger partial charge in [0.15, 0.2) is 11.5 Å². The number of fused-ring (bicyclic) bond motifs is 2. The van der Waals surface area contributed by atoms with E-state index in [1.165, 1.54) is 5.56 Å². The second-order valence-electron chi connectivity index (χ2n) is 8.38. The fraction of sp³-hybridized carbons (Fsp3) is 0.320. The molecule has 1 aromatic heterocycles. The van der Waals surface area contributed by atoms with Gasteiger partial charge in [0.05, 0.1) is 12.1 Å². The van der Waals surface area contributed by atoms with E-state index >= 15 is 0 Å². The van der Waals surface area contributed by atoms with Gasteiger partial charge in [-0.15, -0.1) is 0 Å². The first kappa shape index (κ1) is 21.1. The molecule has 0 saturated carbocycles. The summed E-state index contributed by atoms with van der Waals surface area (Å²) in [5.74, 6) is 1.35. The Morgan fingerprint density at radius 1 is 0.938 bits per heavy atom. The van der Waals surface area contributed by atoms with Gasteiger partial charge in [-0.05, 0) is 17.7 Å². The van der Waals surface area contributed by atoms with Crippen molar-refractivity contribution >= 4 is 22.5 Å². The molecule has 2 aliphatic heterocycles. The van der Waals surface area contributed by atoms with Gasteiger partial charge < -0.3 is 14.0 Å². The summed E-state index contributed by atoms with van der Waals surface area (Å²) in [4.78, 5) is 18.2. The molecule has 0 bridgehead atoms. The van der Waals surface area contributed by atoms with Crippen LogP contribution in [0.5, 0.6) is 11.5 Å². The molecule has 2 aromatic carbocycles. The van der Waals surface area contributed by atoms with Crippen LogP contribution < -0.4 is 15.0 Å². The Morgan fingerprint density at radius 2 is 1.59 bits per heavy atom. The number of halogens is 1. The normalized spacial score (nSPS) is 16.5. The monoisotopic (exact) mass is 451 g/mol. The van der Waals surface area contributed by atoms with Gasteiger partial charge in [-0.2, -0.15) is 0 Å². The third-order valence-corrected chi connectivity index (χ3v) is 6.22. The van der Waals surface area contributed by atoms with Gasteiger partial charge in [-0.1, -0.05) is 48.5 Å². The lowest BCUT2D eigenvalue weighted by Crippen LogP contribution is -2.46. The van der Waals surface area contributed by atoms with Crippen LogP contribution in [0, 0.1) is 0 Å². The average molecular weight is 452 g/mol. The lowest BCUT2D eigenvalue weighted by atomic mass is 10.1. The summed E-state index contributed by atoms with van der Waals surface area (Å²) in [6, 6.07) is 16.3. The molecule has 1 fully saturated rings. The Balaban J connectivity index is 1.36. The minimum atomic E-state index is -0.0371. The van der Waals surface area contributed by atoms with Crippen LogP contribution in [0.2, 0.25) is 0 Å². The highest BCUT2D eigenvalue weighted by atomic mass is 35.5. The van der Waals surface area contributed by atoms with Crippen molar-refractivity contribution in [2.45, 2.75) is 19.6 Å². The molecular weight excluding hydrogens is 426 g/mol. The molecule has 5 rings (SSSR count). The van der Waals surface area contributed by atoms with Gasteiger partial charge in [-0.3, -0.25) is 14.6 Å². The quantitative estimate of drug-likeness (QED) is 0.570. The summed E-state index contributed by atoms with van der Waals surface area (Å²) in [7, 11) is 0. The van der Waals surface area contributed by atoms with E-state index in [2.05, 4.69) is 40.6 Å². The second kappa shape index (κ2) is 8.98. The molecule has 6 nitrogen and oxygen atoms in total. The minimum Gasteiger partial charge on any atom is -0.454 e. The van der Waals surface area contributed by atoms with Crippen molar-refractivity contribution in [2.24, 2.45) is 0 Å². The van der Waals surface area contributed by atoms with Crippen LogP contribution in [0.15, 0.2) is 64.9 Å². The Labute approximate surface area is 192 Å². The van der Waals surface area contributed by atoms with Crippen LogP contribution in [0.3, 0.4) is 0 Å². The molecule has 3 aromatic rings. The van der Waals surface area contributed by atoms with Crippen LogP contribution in [-0.2, 0) is 19.6 Å². The number of hydrogen-bond donors (Lipinski definition) is 0. The van der Waals surface area contributed by atoms with Crippen LogP contribution in [0.1, 0.15) is 11.1 Å². The SMILES string of the molecule is C=C(Cl)Cn1c(=O)c(CN2CCN(Cc3ccccc3)CC2)cc2cc3c(cc21)OCO3. The van der Waals surface area contributed by atoms with Gasteiger partial charge in [0.1, 0.15) is 0 Å². The maximum atomic E-state index is 13.4. The number of piperazine rings is 1. The van der Waals surface area contributed by atoms with Gasteiger partial charge in [0.25, 0.3) is 5.56 Å². The fourth-order valence-electron chi connectivity index (χ4n) is 4.46. The zero-order valence-corrected chi connectivity index (χ0v) is 18.7. The van der Waals surface area contributed by atoms with Crippen LogP contribution >= 0.6 is 11.6 Å². The van der Waals surface area contributed by atoms with Crippen molar-refractivity contribution in [3.8, 4) is 11.5 Å². The predicted octanol–water partition coefficient (Wildman–Crippen LogP) is 3.80. The zero-order valence-electron chi connectivity index (χ0n) is 17.9. The smallest absolute Gasteiger partial charge is 0.255 e. The van der Waals surface area contributed by atoms with E-state index in [0.29, 0.717) is 23.1 Å². The maximum Gasteiger partial charge on any atom is 0.255 e. The number of aromatic nitrogens is 1. The number of benzene rings is 2. The van der Waals surface area contributed by atoms with Crippen molar-refractivity contribution in [1.29, 1.82) is 0 Å². The summed E-state index contributed by atoms with van der Waals surface area (Å²) < 4.78 is 12.7. The fourth-order valence-corrected chi connectivity index (χ4v) is 4.58. The number of rotatable bonds is 6. The molecule has 32 heavy (non-hydrogen) atoms. The van der Waals surface area contributed by atoms with E-state index in [1.807, 2.05) is 24.3 Å². The third kappa shape index (κ3) is 4.39. The van der Waals surface area contributed by atoms with Crippen LogP contribution in [0.25, 0.3) is 10.9 Å².